The zero-order valence-electron chi connectivity index (χ0n) is 17.6. The zero-order valence-corrected chi connectivity index (χ0v) is 18.4. The van der Waals surface area contributed by atoms with Crippen LogP contribution in [-0.2, 0) is 14.6 Å². The van der Waals surface area contributed by atoms with Gasteiger partial charge in [-0.15, -0.1) is 0 Å². The van der Waals surface area contributed by atoms with Crippen molar-refractivity contribution in [1.82, 2.24) is 4.90 Å². The highest BCUT2D eigenvalue weighted by molar-refractivity contribution is 7.91. The molecule has 31 heavy (non-hydrogen) atoms. The van der Waals surface area contributed by atoms with E-state index < -0.39 is 15.9 Å². The molecule has 0 spiro atoms. The third kappa shape index (κ3) is 4.62. The van der Waals surface area contributed by atoms with Crippen molar-refractivity contribution in [3.8, 4) is 17.2 Å². The number of rotatable bonds is 7. The van der Waals surface area contributed by atoms with E-state index in [2.05, 4.69) is 0 Å². The Hall–Kier alpha value is -2.78. The number of methoxy groups -OCH3 is 2. The molecule has 0 aromatic heterocycles. The van der Waals surface area contributed by atoms with Crippen LogP contribution in [0.15, 0.2) is 48.5 Å². The maximum Gasteiger partial charge on any atom is 0.241 e. The molecule has 2 heterocycles. The molecule has 2 unspecified atom stereocenters. The second kappa shape index (κ2) is 8.76. The molecule has 9 heteroatoms. The minimum atomic E-state index is -3.24. The molecule has 2 aromatic carbocycles. The topological polar surface area (TPSA) is 85.4 Å². The van der Waals surface area contributed by atoms with E-state index in [4.69, 9.17) is 14.2 Å². The van der Waals surface area contributed by atoms with E-state index in [0.29, 0.717) is 30.3 Å². The number of piperazine rings is 1. The minimum Gasteiger partial charge on any atom is -0.497 e. The Morgan fingerprint density at radius 3 is 2.03 bits per heavy atom. The summed E-state index contributed by atoms with van der Waals surface area (Å²) < 4.78 is 41.0. The third-order valence-electron chi connectivity index (χ3n) is 5.76. The Labute approximate surface area is 182 Å². The molecule has 0 bridgehead atoms. The number of sulfone groups is 1. The fourth-order valence-electron chi connectivity index (χ4n) is 4.23. The predicted octanol–water partition coefficient (Wildman–Crippen LogP) is 1.60. The van der Waals surface area contributed by atoms with Crippen molar-refractivity contribution >= 4 is 21.4 Å². The van der Waals surface area contributed by atoms with Crippen LogP contribution in [0.1, 0.15) is 0 Å². The van der Waals surface area contributed by atoms with Crippen molar-refractivity contribution in [2.24, 2.45) is 0 Å². The van der Waals surface area contributed by atoms with Crippen LogP contribution in [0, 0.1) is 0 Å². The Kier molecular flexibility index (Phi) is 6.06. The van der Waals surface area contributed by atoms with Crippen molar-refractivity contribution in [3.63, 3.8) is 0 Å². The normalized spacial score (nSPS) is 22.8. The molecule has 166 valence electrons. The average Bonchev–Trinajstić information content (AvgIpc) is 3.09. The summed E-state index contributed by atoms with van der Waals surface area (Å²) in [5.74, 6) is 2.01. The highest BCUT2D eigenvalue weighted by atomic mass is 32.2. The fourth-order valence-corrected chi connectivity index (χ4v) is 6.21. The molecule has 2 fully saturated rings. The maximum absolute atomic E-state index is 13.0. The lowest BCUT2D eigenvalue weighted by Crippen LogP contribution is -2.62. The Morgan fingerprint density at radius 1 is 0.871 bits per heavy atom. The van der Waals surface area contributed by atoms with Crippen LogP contribution in [0.5, 0.6) is 17.2 Å². The van der Waals surface area contributed by atoms with Crippen molar-refractivity contribution in [2.75, 3.05) is 50.3 Å². The van der Waals surface area contributed by atoms with Gasteiger partial charge in [0.15, 0.2) is 9.84 Å². The first-order valence-corrected chi connectivity index (χ1v) is 11.9. The first-order chi connectivity index (χ1) is 14.9. The van der Waals surface area contributed by atoms with E-state index in [9.17, 15) is 13.2 Å². The molecule has 2 aromatic rings. The molecule has 2 aliphatic rings. The molecule has 2 aliphatic heterocycles. The average molecular weight is 447 g/mol. The number of anilines is 1. The smallest absolute Gasteiger partial charge is 0.241 e. The molecular weight excluding hydrogens is 420 g/mol. The minimum absolute atomic E-state index is 0.0364. The Bertz CT molecular complexity index is 1020. The summed E-state index contributed by atoms with van der Waals surface area (Å²) in [5.41, 5.74) is 0.687. The highest BCUT2D eigenvalue weighted by Crippen LogP contribution is 2.32. The number of benzene rings is 2. The van der Waals surface area contributed by atoms with Crippen LogP contribution in [0.2, 0.25) is 0 Å². The largest absolute Gasteiger partial charge is 0.497 e. The molecule has 8 nitrogen and oxygen atoms in total. The SMILES string of the molecule is COc1ccc(OCCN2CC(=O)N(c3ccc(OC)cc3)C3CS(=O)(=O)CC32)cc1. The van der Waals surface area contributed by atoms with Crippen LogP contribution in [0.25, 0.3) is 0 Å². The first-order valence-electron chi connectivity index (χ1n) is 10.1. The number of fused-ring (bicyclic) bond motifs is 1. The van der Waals surface area contributed by atoms with Gasteiger partial charge < -0.3 is 19.1 Å². The molecule has 1 amide bonds. The van der Waals surface area contributed by atoms with E-state index >= 15 is 0 Å². The Morgan fingerprint density at radius 2 is 1.42 bits per heavy atom. The summed E-state index contributed by atoms with van der Waals surface area (Å²) >= 11 is 0. The van der Waals surface area contributed by atoms with E-state index in [1.54, 1.807) is 43.4 Å². The lowest BCUT2D eigenvalue weighted by molar-refractivity contribution is -0.123. The first kappa shape index (κ1) is 21.5. The maximum atomic E-state index is 13.0. The molecule has 0 saturated carbocycles. The lowest BCUT2D eigenvalue weighted by Gasteiger charge is -2.43. The monoisotopic (exact) mass is 446 g/mol. The molecule has 2 saturated heterocycles. The van der Waals surface area contributed by atoms with Gasteiger partial charge in [0.05, 0.1) is 38.3 Å². The number of hydrogen-bond donors (Lipinski definition) is 0. The molecular formula is C22H26N2O6S. The van der Waals surface area contributed by atoms with Crippen LogP contribution in [-0.4, -0.2) is 76.7 Å². The number of ether oxygens (including phenoxy) is 3. The van der Waals surface area contributed by atoms with Gasteiger partial charge in [0, 0.05) is 18.3 Å². The summed E-state index contributed by atoms with van der Waals surface area (Å²) in [6.45, 7) is 0.963. The third-order valence-corrected chi connectivity index (χ3v) is 7.46. The summed E-state index contributed by atoms with van der Waals surface area (Å²) in [6, 6.07) is 13.7. The van der Waals surface area contributed by atoms with Crippen LogP contribution >= 0.6 is 0 Å². The van der Waals surface area contributed by atoms with Crippen molar-refractivity contribution in [2.45, 2.75) is 12.1 Å². The van der Waals surface area contributed by atoms with Crippen LogP contribution < -0.4 is 19.1 Å². The van der Waals surface area contributed by atoms with E-state index in [0.717, 1.165) is 5.75 Å². The van der Waals surface area contributed by atoms with Gasteiger partial charge in [-0.3, -0.25) is 9.69 Å². The summed E-state index contributed by atoms with van der Waals surface area (Å²) in [6.07, 6.45) is 0. The second-order valence-electron chi connectivity index (χ2n) is 7.67. The van der Waals surface area contributed by atoms with Crippen LogP contribution in [0.3, 0.4) is 0 Å². The molecule has 0 aliphatic carbocycles. The van der Waals surface area contributed by atoms with Gasteiger partial charge >= 0.3 is 0 Å². The van der Waals surface area contributed by atoms with Crippen molar-refractivity contribution in [3.05, 3.63) is 48.5 Å². The van der Waals surface area contributed by atoms with E-state index in [-0.39, 0.29) is 30.0 Å². The number of carbonyl (C=O) groups excluding carboxylic acids is 1. The quantitative estimate of drug-likeness (QED) is 0.639. The number of carbonyl (C=O) groups is 1. The lowest BCUT2D eigenvalue weighted by atomic mass is 10.0. The van der Waals surface area contributed by atoms with E-state index in [1.807, 2.05) is 29.2 Å². The van der Waals surface area contributed by atoms with Gasteiger partial charge in [-0.2, -0.15) is 0 Å². The number of amides is 1. The number of hydrogen-bond acceptors (Lipinski definition) is 7. The van der Waals surface area contributed by atoms with E-state index in [1.165, 1.54) is 0 Å². The van der Waals surface area contributed by atoms with Gasteiger partial charge in [-0.05, 0) is 48.5 Å². The number of nitrogens with zero attached hydrogens (tertiary/aromatic N) is 2. The van der Waals surface area contributed by atoms with Crippen molar-refractivity contribution < 1.29 is 27.4 Å². The van der Waals surface area contributed by atoms with Gasteiger partial charge in [0.25, 0.3) is 0 Å². The summed E-state index contributed by atoms with van der Waals surface area (Å²) in [5, 5.41) is 0. The molecule has 0 radical (unpaired) electrons. The molecule has 4 rings (SSSR count). The Balaban J connectivity index is 1.47. The standard InChI is InChI=1S/C22H26N2O6S/c1-28-17-5-3-16(4-6-17)24-21-15-31(26,27)14-20(21)23(13-22(24)25)11-12-30-19-9-7-18(29-2)8-10-19/h3-10,20-21H,11-15H2,1-2H3. The van der Waals surface area contributed by atoms with Crippen LogP contribution in [0.4, 0.5) is 5.69 Å². The van der Waals surface area contributed by atoms with Gasteiger partial charge in [-0.1, -0.05) is 0 Å². The second-order valence-corrected chi connectivity index (χ2v) is 9.82. The fraction of sp³-hybridized carbons (Fsp3) is 0.409. The van der Waals surface area contributed by atoms with Crippen molar-refractivity contribution in [1.29, 1.82) is 0 Å². The molecule has 0 N–H and O–H groups in total. The van der Waals surface area contributed by atoms with Gasteiger partial charge in [0.2, 0.25) is 5.91 Å². The predicted molar refractivity (Wildman–Crippen MR) is 117 cm³/mol. The summed E-state index contributed by atoms with van der Waals surface area (Å²) in [4.78, 5) is 16.6. The molecule has 2 atom stereocenters. The zero-order chi connectivity index (χ0) is 22.0. The highest BCUT2D eigenvalue weighted by Gasteiger charge is 2.49. The van der Waals surface area contributed by atoms with Gasteiger partial charge in [-0.25, -0.2) is 8.42 Å². The summed E-state index contributed by atoms with van der Waals surface area (Å²) in [7, 11) is -0.0612. The van der Waals surface area contributed by atoms with Gasteiger partial charge in [0.1, 0.15) is 23.9 Å².